The average Bonchev–Trinajstić information content (AvgIpc) is 2.36. The van der Waals surface area contributed by atoms with Crippen LogP contribution in [-0.4, -0.2) is 35.7 Å². The molecule has 0 spiro atoms. The number of likely N-dealkylation sites (tertiary alicyclic amines) is 1. The minimum atomic E-state index is -0.0566. The van der Waals surface area contributed by atoms with Gasteiger partial charge in [-0.3, -0.25) is 0 Å². The molecule has 2 atom stereocenters. The van der Waals surface area contributed by atoms with E-state index in [2.05, 4.69) is 18.7 Å². The summed E-state index contributed by atoms with van der Waals surface area (Å²) in [7, 11) is 0. The van der Waals surface area contributed by atoms with E-state index in [1.165, 1.54) is 19.4 Å². The summed E-state index contributed by atoms with van der Waals surface area (Å²) in [4.78, 5) is 2.38. The molecule has 2 nitrogen and oxygen atoms in total. The van der Waals surface area contributed by atoms with E-state index in [9.17, 15) is 5.11 Å². The Hall–Kier alpha value is -0.0800. The third kappa shape index (κ3) is 3.11. The van der Waals surface area contributed by atoms with Crippen LogP contribution in [0.4, 0.5) is 0 Å². The molecule has 0 amide bonds. The fourth-order valence-electron chi connectivity index (χ4n) is 2.00. The standard InChI is InChI=1S/C10H21NO/c1-3-4-9(2)7-11-6-5-10(12)8-11/h9-10,12H,3-8H2,1-2H3/t9?,10-/m0/s1. The molecule has 1 rings (SSSR count). The Labute approximate surface area is 75.6 Å². The number of hydrogen-bond donors (Lipinski definition) is 1. The lowest BCUT2D eigenvalue weighted by atomic mass is 10.1. The third-order valence-corrected chi connectivity index (χ3v) is 2.60. The van der Waals surface area contributed by atoms with Gasteiger partial charge in [-0.1, -0.05) is 20.3 Å². The highest BCUT2D eigenvalue weighted by molar-refractivity contribution is 4.75. The molecule has 1 aliphatic rings. The van der Waals surface area contributed by atoms with Crippen LogP contribution in [0.25, 0.3) is 0 Å². The number of hydrogen-bond acceptors (Lipinski definition) is 2. The minimum Gasteiger partial charge on any atom is -0.392 e. The first-order chi connectivity index (χ1) is 5.72. The van der Waals surface area contributed by atoms with Crippen LogP contribution in [0.2, 0.25) is 0 Å². The van der Waals surface area contributed by atoms with E-state index in [-0.39, 0.29) is 6.10 Å². The first-order valence-electron chi connectivity index (χ1n) is 5.12. The van der Waals surface area contributed by atoms with Gasteiger partial charge in [-0.15, -0.1) is 0 Å². The molecule has 1 unspecified atom stereocenters. The number of β-amino-alcohol motifs (C(OH)–C–C–N with tert-alkyl or cyclic N) is 1. The average molecular weight is 171 g/mol. The molecule has 0 bridgehead atoms. The predicted octanol–water partition coefficient (Wildman–Crippen LogP) is 1.49. The summed E-state index contributed by atoms with van der Waals surface area (Å²) >= 11 is 0. The zero-order chi connectivity index (χ0) is 8.97. The highest BCUT2D eigenvalue weighted by atomic mass is 16.3. The van der Waals surface area contributed by atoms with Crippen LogP contribution < -0.4 is 0 Å². The van der Waals surface area contributed by atoms with Crippen molar-refractivity contribution >= 4 is 0 Å². The molecule has 0 aromatic carbocycles. The number of aliphatic hydroxyl groups excluding tert-OH is 1. The van der Waals surface area contributed by atoms with Crippen LogP contribution in [-0.2, 0) is 0 Å². The largest absolute Gasteiger partial charge is 0.392 e. The van der Waals surface area contributed by atoms with Crippen molar-refractivity contribution in [2.45, 2.75) is 39.2 Å². The van der Waals surface area contributed by atoms with Gasteiger partial charge < -0.3 is 10.0 Å². The van der Waals surface area contributed by atoms with E-state index in [0.29, 0.717) is 0 Å². The second-order valence-electron chi connectivity index (χ2n) is 4.10. The molecule has 1 N–H and O–H groups in total. The monoisotopic (exact) mass is 171 g/mol. The van der Waals surface area contributed by atoms with Crippen molar-refractivity contribution < 1.29 is 5.11 Å². The molecular weight excluding hydrogens is 150 g/mol. The molecule has 0 aromatic rings. The molecule has 1 saturated heterocycles. The van der Waals surface area contributed by atoms with Crippen molar-refractivity contribution in [1.29, 1.82) is 0 Å². The van der Waals surface area contributed by atoms with Crippen LogP contribution in [0.15, 0.2) is 0 Å². The first-order valence-corrected chi connectivity index (χ1v) is 5.12. The smallest absolute Gasteiger partial charge is 0.0679 e. The van der Waals surface area contributed by atoms with E-state index >= 15 is 0 Å². The van der Waals surface area contributed by atoms with Gasteiger partial charge in [0.2, 0.25) is 0 Å². The summed E-state index contributed by atoms with van der Waals surface area (Å²) in [5.41, 5.74) is 0. The van der Waals surface area contributed by atoms with Crippen molar-refractivity contribution in [3.8, 4) is 0 Å². The fraction of sp³-hybridized carbons (Fsp3) is 1.00. The van der Waals surface area contributed by atoms with Crippen LogP contribution in [0.3, 0.4) is 0 Å². The van der Waals surface area contributed by atoms with Gasteiger partial charge in [0.1, 0.15) is 0 Å². The van der Waals surface area contributed by atoms with E-state index in [4.69, 9.17) is 0 Å². The van der Waals surface area contributed by atoms with Crippen molar-refractivity contribution in [2.24, 2.45) is 5.92 Å². The van der Waals surface area contributed by atoms with Crippen molar-refractivity contribution in [2.75, 3.05) is 19.6 Å². The zero-order valence-corrected chi connectivity index (χ0v) is 8.29. The zero-order valence-electron chi connectivity index (χ0n) is 8.29. The summed E-state index contributed by atoms with van der Waals surface area (Å²) in [6, 6.07) is 0. The van der Waals surface area contributed by atoms with E-state index in [1.54, 1.807) is 0 Å². The first kappa shape index (κ1) is 10.0. The lowest BCUT2D eigenvalue weighted by Crippen LogP contribution is -2.27. The van der Waals surface area contributed by atoms with Gasteiger partial charge in [0.05, 0.1) is 6.10 Å². The Bertz CT molecular complexity index is 127. The molecule has 0 aliphatic carbocycles. The van der Waals surface area contributed by atoms with Gasteiger partial charge in [0.25, 0.3) is 0 Å². The third-order valence-electron chi connectivity index (χ3n) is 2.60. The number of rotatable bonds is 4. The van der Waals surface area contributed by atoms with Gasteiger partial charge >= 0.3 is 0 Å². The van der Waals surface area contributed by atoms with Gasteiger partial charge in [-0.2, -0.15) is 0 Å². The summed E-state index contributed by atoms with van der Waals surface area (Å²) < 4.78 is 0. The Morgan fingerprint density at radius 1 is 1.58 bits per heavy atom. The highest BCUT2D eigenvalue weighted by Gasteiger charge is 2.20. The van der Waals surface area contributed by atoms with Gasteiger partial charge in [0, 0.05) is 19.6 Å². The van der Waals surface area contributed by atoms with Crippen molar-refractivity contribution in [3.63, 3.8) is 0 Å². The lowest BCUT2D eigenvalue weighted by molar-refractivity contribution is 0.170. The molecule has 72 valence electrons. The summed E-state index contributed by atoms with van der Waals surface area (Å²) in [6.45, 7) is 7.69. The van der Waals surface area contributed by atoms with Crippen LogP contribution in [0, 0.1) is 5.92 Å². The fourth-order valence-corrected chi connectivity index (χ4v) is 2.00. The molecule has 2 heteroatoms. The second-order valence-corrected chi connectivity index (χ2v) is 4.10. The minimum absolute atomic E-state index is 0.0566. The Balaban J connectivity index is 2.14. The molecule has 0 aromatic heterocycles. The van der Waals surface area contributed by atoms with E-state index < -0.39 is 0 Å². The summed E-state index contributed by atoms with van der Waals surface area (Å²) in [5, 5.41) is 9.30. The maximum atomic E-state index is 9.30. The molecule has 1 heterocycles. The van der Waals surface area contributed by atoms with Crippen LogP contribution >= 0.6 is 0 Å². The summed E-state index contributed by atoms with van der Waals surface area (Å²) in [5.74, 6) is 0.792. The Morgan fingerprint density at radius 2 is 2.33 bits per heavy atom. The van der Waals surface area contributed by atoms with Gasteiger partial charge in [0.15, 0.2) is 0 Å². The maximum absolute atomic E-state index is 9.30. The highest BCUT2D eigenvalue weighted by Crippen LogP contribution is 2.13. The van der Waals surface area contributed by atoms with Crippen LogP contribution in [0.1, 0.15) is 33.1 Å². The van der Waals surface area contributed by atoms with E-state index in [0.717, 1.165) is 25.4 Å². The molecule has 1 fully saturated rings. The maximum Gasteiger partial charge on any atom is 0.0679 e. The van der Waals surface area contributed by atoms with Gasteiger partial charge in [-0.25, -0.2) is 0 Å². The molecular formula is C10H21NO. The van der Waals surface area contributed by atoms with Gasteiger partial charge in [-0.05, 0) is 18.8 Å². The Morgan fingerprint density at radius 3 is 2.83 bits per heavy atom. The Kier molecular flexibility index (Phi) is 4.02. The second kappa shape index (κ2) is 4.83. The normalized spacial score (nSPS) is 27.8. The summed E-state index contributed by atoms with van der Waals surface area (Å²) in [6.07, 6.45) is 3.50. The quantitative estimate of drug-likeness (QED) is 0.692. The van der Waals surface area contributed by atoms with E-state index in [1.807, 2.05) is 0 Å². The molecule has 0 radical (unpaired) electrons. The molecule has 12 heavy (non-hydrogen) atoms. The van der Waals surface area contributed by atoms with Crippen molar-refractivity contribution in [1.82, 2.24) is 4.90 Å². The lowest BCUT2D eigenvalue weighted by Gasteiger charge is -2.19. The topological polar surface area (TPSA) is 23.5 Å². The molecule has 0 saturated carbocycles. The predicted molar refractivity (Wildman–Crippen MR) is 51.1 cm³/mol. The number of aliphatic hydroxyl groups is 1. The van der Waals surface area contributed by atoms with Crippen molar-refractivity contribution in [3.05, 3.63) is 0 Å². The number of nitrogens with zero attached hydrogens (tertiary/aromatic N) is 1. The SMILES string of the molecule is CCCC(C)CN1CC[C@H](O)C1. The molecule has 1 aliphatic heterocycles. The van der Waals surface area contributed by atoms with Crippen LogP contribution in [0.5, 0.6) is 0 Å².